The summed E-state index contributed by atoms with van der Waals surface area (Å²) in [7, 11) is 0. The van der Waals surface area contributed by atoms with Gasteiger partial charge in [0.1, 0.15) is 0 Å². The van der Waals surface area contributed by atoms with E-state index in [2.05, 4.69) is 6.58 Å². The van der Waals surface area contributed by atoms with E-state index in [1.165, 1.54) is 12.1 Å². The Morgan fingerprint density at radius 1 is 1.45 bits per heavy atom. The van der Waals surface area contributed by atoms with E-state index >= 15 is 0 Å². The molecule has 1 saturated heterocycles. The fraction of sp³-hybridized carbons (Fsp3) is 0.400. The van der Waals surface area contributed by atoms with Gasteiger partial charge in [-0.05, 0) is 36.3 Å². The smallest absolute Gasteiger partial charge is 0.372 e. The third-order valence-electron chi connectivity index (χ3n) is 3.40. The first-order valence-electron chi connectivity index (χ1n) is 6.69. The van der Waals surface area contributed by atoms with Crippen molar-refractivity contribution >= 4 is 17.5 Å². The highest BCUT2D eigenvalue weighted by Crippen LogP contribution is 2.32. The van der Waals surface area contributed by atoms with Crippen LogP contribution < -0.4 is 0 Å². The third-order valence-corrected chi connectivity index (χ3v) is 3.62. The lowest BCUT2D eigenvalue weighted by Gasteiger charge is -2.15. The molecule has 22 heavy (non-hydrogen) atoms. The zero-order valence-electron chi connectivity index (χ0n) is 11.7. The number of rotatable bonds is 4. The molecule has 1 aromatic rings. The zero-order chi connectivity index (χ0) is 16.3. The van der Waals surface area contributed by atoms with Gasteiger partial charge < -0.3 is 9.64 Å². The maximum Gasteiger partial charge on any atom is 0.416 e. The molecule has 1 atom stereocenters. The van der Waals surface area contributed by atoms with Crippen LogP contribution in [0.2, 0.25) is 5.02 Å². The van der Waals surface area contributed by atoms with Crippen LogP contribution >= 0.6 is 11.6 Å². The van der Waals surface area contributed by atoms with Crippen LogP contribution in [0.3, 0.4) is 0 Å². The summed E-state index contributed by atoms with van der Waals surface area (Å²) in [6, 6.07) is 3.34. The monoisotopic (exact) mass is 333 g/mol. The van der Waals surface area contributed by atoms with Crippen LogP contribution in [0.5, 0.6) is 0 Å². The molecule has 1 aromatic carbocycles. The molecular weight excluding hydrogens is 319 g/mol. The van der Waals surface area contributed by atoms with Crippen molar-refractivity contribution in [2.45, 2.75) is 25.3 Å². The van der Waals surface area contributed by atoms with Gasteiger partial charge in [-0.2, -0.15) is 13.2 Å². The Morgan fingerprint density at radius 3 is 2.82 bits per heavy atom. The number of benzene rings is 1. The fourth-order valence-electron chi connectivity index (χ4n) is 2.30. The largest absolute Gasteiger partial charge is 0.416 e. The summed E-state index contributed by atoms with van der Waals surface area (Å²) >= 11 is 5.72. The molecule has 0 spiro atoms. The summed E-state index contributed by atoms with van der Waals surface area (Å²) in [6.07, 6.45) is -2.77. The molecule has 0 aromatic heterocycles. The molecule has 1 aliphatic rings. The number of alkyl halides is 3. The second-order valence-electron chi connectivity index (χ2n) is 5.06. The Kier molecular flexibility index (Phi) is 5.13. The lowest BCUT2D eigenvalue weighted by atomic mass is 10.1. The van der Waals surface area contributed by atoms with Crippen molar-refractivity contribution < 1.29 is 22.7 Å². The van der Waals surface area contributed by atoms with Crippen molar-refractivity contribution in [2.24, 2.45) is 0 Å². The van der Waals surface area contributed by atoms with Gasteiger partial charge in [0.05, 0.1) is 18.3 Å². The van der Waals surface area contributed by atoms with Gasteiger partial charge in [0.25, 0.3) is 0 Å². The molecule has 1 fully saturated rings. The van der Waals surface area contributed by atoms with E-state index < -0.39 is 11.7 Å². The summed E-state index contributed by atoms with van der Waals surface area (Å²) < 4.78 is 43.7. The predicted octanol–water partition coefficient (Wildman–Crippen LogP) is 3.66. The Bertz CT molecular complexity index is 574. The molecule has 0 bridgehead atoms. The molecule has 120 valence electrons. The molecule has 0 N–H and O–H groups in total. The minimum atomic E-state index is -4.44. The molecule has 1 heterocycles. The quantitative estimate of drug-likeness (QED) is 0.787. The molecule has 0 aliphatic carbocycles. The molecule has 1 aliphatic heterocycles. The molecule has 3 nitrogen and oxygen atoms in total. The first kappa shape index (κ1) is 16.8. The number of ether oxygens (including phenoxy) is 1. The molecule has 2 rings (SSSR count). The van der Waals surface area contributed by atoms with E-state index in [1.54, 1.807) is 4.90 Å². The highest BCUT2D eigenvalue weighted by Gasteiger charge is 2.31. The molecular formula is C15H15ClF3NO2. The van der Waals surface area contributed by atoms with Gasteiger partial charge in [-0.1, -0.05) is 18.2 Å². The summed E-state index contributed by atoms with van der Waals surface area (Å²) in [5.74, 6) is -0.173. The number of halogens is 4. The van der Waals surface area contributed by atoms with E-state index in [0.717, 1.165) is 12.1 Å². The molecule has 0 radical (unpaired) electrons. The number of hydrogen-bond donors (Lipinski definition) is 0. The van der Waals surface area contributed by atoms with Crippen LogP contribution in [0.4, 0.5) is 13.2 Å². The van der Waals surface area contributed by atoms with Crippen molar-refractivity contribution in [3.63, 3.8) is 0 Å². The van der Waals surface area contributed by atoms with Crippen LogP contribution in [0, 0.1) is 0 Å². The number of amides is 1. The van der Waals surface area contributed by atoms with Gasteiger partial charge in [0.2, 0.25) is 5.91 Å². The number of carbonyl (C=O) groups excluding carboxylic acids is 1. The van der Waals surface area contributed by atoms with Gasteiger partial charge in [0.15, 0.2) is 0 Å². The standard InChI is InChI=1S/C15H15ClF3NO2/c1-2-14(21)20-4-3-13(8-20)22-9-10-5-11(15(17,18)19)7-12(16)6-10/h2,5-7,13H,1,3-4,8-9H2. The summed E-state index contributed by atoms with van der Waals surface area (Å²) in [5.41, 5.74) is -0.443. The Morgan fingerprint density at radius 2 is 2.18 bits per heavy atom. The first-order chi connectivity index (χ1) is 10.3. The van der Waals surface area contributed by atoms with E-state index in [4.69, 9.17) is 16.3 Å². The topological polar surface area (TPSA) is 29.5 Å². The number of hydrogen-bond acceptors (Lipinski definition) is 2. The maximum absolute atomic E-state index is 12.7. The normalized spacial score (nSPS) is 18.5. The average molecular weight is 334 g/mol. The highest BCUT2D eigenvalue weighted by atomic mass is 35.5. The van der Waals surface area contributed by atoms with Gasteiger partial charge in [-0.15, -0.1) is 0 Å². The SMILES string of the molecule is C=CC(=O)N1CCC(OCc2cc(Cl)cc(C(F)(F)F)c2)C1. The van der Waals surface area contributed by atoms with Crippen molar-refractivity contribution in [2.75, 3.05) is 13.1 Å². The van der Waals surface area contributed by atoms with Crippen molar-refractivity contribution in [3.05, 3.63) is 47.0 Å². The zero-order valence-corrected chi connectivity index (χ0v) is 12.5. The van der Waals surface area contributed by atoms with E-state index in [-0.39, 0.29) is 23.6 Å². The molecule has 1 unspecified atom stereocenters. The van der Waals surface area contributed by atoms with Crippen LogP contribution in [0.25, 0.3) is 0 Å². The van der Waals surface area contributed by atoms with E-state index in [1.807, 2.05) is 0 Å². The lowest BCUT2D eigenvalue weighted by Crippen LogP contribution is -2.28. The minimum absolute atomic E-state index is 0.0170. The van der Waals surface area contributed by atoms with Crippen molar-refractivity contribution in [1.82, 2.24) is 4.90 Å². The summed E-state index contributed by atoms with van der Waals surface area (Å²) in [6.45, 7) is 4.40. The second kappa shape index (κ2) is 6.71. The Labute approximate surface area is 131 Å². The van der Waals surface area contributed by atoms with Gasteiger partial charge in [-0.25, -0.2) is 0 Å². The molecule has 0 saturated carbocycles. The van der Waals surface area contributed by atoms with E-state index in [9.17, 15) is 18.0 Å². The highest BCUT2D eigenvalue weighted by molar-refractivity contribution is 6.30. The van der Waals surface area contributed by atoms with Crippen LogP contribution in [0.1, 0.15) is 17.5 Å². The van der Waals surface area contributed by atoms with Crippen LogP contribution in [0.15, 0.2) is 30.9 Å². The second-order valence-corrected chi connectivity index (χ2v) is 5.49. The third kappa shape index (κ3) is 4.24. The van der Waals surface area contributed by atoms with Gasteiger partial charge in [-0.3, -0.25) is 4.79 Å². The Balaban J connectivity index is 1.97. The van der Waals surface area contributed by atoms with Crippen LogP contribution in [-0.2, 0) is 22.3 Å². The van der Waals surface area contributed by atoms with Crippen molar-refractivity contribution in [3.8, 4) is 0 Å². The number of carbonyl (C=O) groups is 1. The van der Waals surface area contributed by atoms with Gasteiger partial charge in [0, 0.05) is 18.1 Å². The maximum atomic E-state index is 12.7. The lowest BCUT2D eigenvalue weighted by molar-refractivity contribution is -0.137. The predicted molar refractivity (Wildman–Crippen MR) is 76.4 cm³/mol. The summed E-state index contributed by atoms with van der Waals surface area (Å²) in [4.78, 5) is 13.0. The number of nitrogens with zero attached hydrogens (tertiary/aromatic N) is 1. The Hall–Kier alpha value is -1.53. The number of likely N-dealkylation sites (tertiary alicyclic amines) is 1. The fourth-order valence-corrected chi connectivity index (χ4v) is 2.56. The first-order valence-corrected chi connectivity index (χ1v) is 7.07. The van der Waals surface area contributed by atoms with Gasteiger partial charge >= 0.3 is 6.18 Å². The van der Waals surface area contributed by atoms with Crippen LogP contribution in [-0.4, -0.2) is 30.0 Å². The summed E-state index contributed by atoms with van der Waals surface area (Å²) in [5, 5.41) is 0.0170. The minimum Gasteiger partial charge on any atom is -0.372 e. The molecule has 7 heteroatoms. The van der Waals surface area contributed by atoms with E-state index in [0.29, 0.717) is 25.1 Å². The molecule has 1 amide bonds. The van der Waals surface area contributed by atoms with Crippen molar-refractivity contribution in [1.29, 1.82) is 0 Å². The average Bonchev–Trinajstić information content (AvgIpc) is 2.91.